The maximum atomic E-state index is 4.64. The minimum Gasteiger partial charge on any atom is -0.370 e. The number of benzene rings is 1. The average molecular weight is 280 g/mol. The molecule has 6 nitrogen and oxygen atoms in total. The van der Waals surface area contributed by atoms with Crippen molar-refractivity contribution in [3.05, 3.63) is 42.2 Å². The van der Waals surface area contributed by atoms with Gasteiger partial charge in [0.25, 0.3) is 0 Å². The van der Waals surface area contributed by atoms with Gasteiger partial charge >= 0.3 is 0 Å². The molecule has 0 amide bonds. The molecule has 6 heteroatoms. The van der Waals surface area contributed by atoms with Crippen LogP contribution >= 0.6 is 0 Å². The lowest BCUT2D eigenvalue weighted by Gasteiger charge is -2.12. The maximum absolute atomic E-state index is 4.64. The highest BCUT2D eigenvalue weighted by atomic mass is 15.2. The van der Waals surface area contributed by atoms with Gasteiger partial charge in [-0.2, -0.15) is 5.10 Å². The SMILES string of the molecule is CCNc1nc(-c2ncn[nH]2)nc(-c2ccccc2)c1C. The molecule has 0 atom stereocenters. The van der Waals surface area contributed by atoms with Gasteiger partial charge in [0.15, 0.2) is 11.6 Å². The summed E-state index contributed by atoms with van der Waals surface area (Å²) >= 11 is 0. The molecule has 0 aliphatic rings. The second kappa shape index (κ2) is 5.70. The molecular weight excluding hydrogens is 264 g/mol. The van der Waals surface area contributed by atoms with Crippen LogP contribution in [0, 0.1) is 6.92 Å². The topological polar surface area (TPSA) is 79.4 Å². The Labute approximate surface area is 122 Å². The Bertz CT molecular complexity index is 721. The molecule has 106 valence electrons. The van der Waals surface area contributed by atoms with Gasteiger partial charge in [-0.3, -0.25) is 5.10 Å². The zero-order chi connectivity index (χ0) is 14.7. The van der Waals surface area contributed by atoms with Gasteiger partial charge in [-0.1, -0.05) is 30.3 Å². The Morgan fingerprint density at radius 1 is 1.14 bits per heavy atom. The van der Waals surface area contributed by atoms with Crippen molar-refractivity contribution in [3.8, 4) is 22.9 Å². The van der Waals surface area contributed by atoms with Crippen molar-refractivity contribution in [3.63, 3.8) is 0 Å². The second-order valence-corrected chi connectivity index (χ2v) is 4.60. The van der Waals surface area contributed by atoms with Crippen molar-refractivity contribution >= 4 is 5.82 Å². The predicted octanol–water partition coefficient (Wildman–Crippen LogP) is 2.67. The molecular formula is C15H16N6. The number of anilines is 1. The van der Waals surface area contributed by atoms with E-state index in [9.17, 15) is 0 Å². The normalized spacial score (nSPS) is 10.6. The number of nitrogens with zero attached hydrogens (tertiary/aromatic N) is 4. The largest absolute Gasteiger partial charge is 0.370 e. The van der Waals surface area contributed by atoms with Crippen molar-refractivity contribution in [1.82, 2.24) is 25.1 Å². The van der Waals surface area contributed by atoms with E-state index in [0.717, 1.165) is 29.2 Å². The number of rotatable bonds is 4. The van der Waals surface area contributed by atoms with E-state index < -0.39 is 0 Å². The monoisotopic (exact) mass is 280 g/mol. The highest BCUT2D eigenvalue weighted by molar-refractivity contribution is 5.70. The molecule has 3 aromatic rings. The second-order valence-electron chi connectivity index (χ2n) is 4.60. The van der Waals surface area contributed by atoms with E-state index in [1.54, 1.807) is 0 Å². The van der Waals surface area contributed by atoms with Gasteiger partial charge in [-0.15, -0.1) is 0 Å². The van der Waals surface area contributed by atoms with Crippen molar-refractivity contribution < 1.29 is 0 Å². The molecule has 0 fully saturated rings. The molecule has 0 radical (unpaired) electrons. The number of aromatic amines is 1. The molecule has 0 saturated heterocycles. The number of hydrogen-bond donors (Lipinski definition) is 2. The van der Waals surface area contributed by atoms with E-state index >= 15 is 0 Å². The minimum absolute atomic E-state index is 0.535. The van der Waals surface area contributed by atoms with Crippen LogP contribution in [-0.4, -0.2) is 31.7 Å². The lowest BCUT2D eigenvalue weighted by Crippen LogP contribution is -2.06. The fraction of sp³-hybridized carbons (Fsp3) is 0.200. The molecule has 3 rings (SSSR count). The molecule has 2 N–H and O–H groups in total. The zero-order valence-electron chi connectivity index (χ0n) is 12.0. The summed E-state index contributed by atoms with van der Waals surface area (Å²) < 4.78 is 0. The third-order valence-corrected chi connectivity index (χ3v) is 3.16. The summed E-state index contributed by atoms with van der Waals surface area (Å²) in [6.07, 6.45) is 1.45. The summed E-state index contributed by atoms with van der Waals surface area (Å²) in [6.45, 7) is 4.85. The lowest BCUT2D eigenvalue weighted by atomic mass is 10.1. The molecule has 2 aromatic heterocycles. The van der Waals surface area contributed by atoms with E-state index in [1.165, 1.54) is 6.33 Å². The standard InChI is InChI=1S/C15H16N6/c1-3-16-13-10(2)12(11-7-5-4-6-8-11)19-15(20-13)14-17-9-18-21-14/h4-9H,3H2,1-2H3,(H,16,19,20)(H,17,18,21). The van der Waals surface area contributed by atoms with Crippen LogP contribution in [-0.2, 0) is 0 Å². The van der Waals surface area contributed by atoms with E-state index in [-0.39, 0.29) is 0 Å². The Kier molecular flexibility index (Phi) is 3.59. The first-order chi connectivity index (χ1) is 10.3. The zero-order valence-corrected chi connectivity index (χ0v) is 12.0. The van der Waals surface area contributed by atoms with Gasteiger partial charge in [-0.25, -0.2) is 15.0 Å². The first kappa shape index (κ1) is 13.2. The van der Waals surface area contributed by atoms with Crippen molar-refractivity contribution in [2.45, 2.75) is 13.8 Å². The Hall–Kier alpha value is -2.76. The van der Waals surface area contributed by atoms with Crippen LogP contribution in [0.2, 0.25) is 0 Å². The van der Waals surface area contributed by atoms with Crippen LogP contribution in [0.3, 0.4) is 0 Å². The molecule has 0 aliphatic heterocycles. The number of hydrogen-bond acceptors (Lipinski definition) is 5. The van der Waals surface area contributed by atoms with Crippen LogP contribution < -0.4 is 5.32 Å². The summed E-state index contributed by atoms with van der Waals surface area (Å²) in [5.74, 6) is 1.91. The number of aromatic nitrogens is 5. The third kappa shape index (κ3) is 2.60. The molecule has 0 unspecified atom stereocenters. The van der Waals surface area contributed by atoms with Crippen LogP contribution in [0.4, 0.5) is 5.82 Å². The first-order valence-electron chi connectivity index (χ1n) is 6.83. The van der Waals surface area contributed by atoms with E-state index in [0.29, 0.717) is 11.6 Å². The summed E-state index contributed by atoms with van der Waals surface area (Å²) in [5.41, 5.74) is 2.97. The predicted molar refractivity (Wildman–Crippen MR) is 81.7 cm³/mol. The van der Waals surface area contributed by atoms with Crippen LogP contribution in [0.15, 0.2) is 36.7 Å². The molecule has 2 heterocycles. The van der Waals surface area contributed by atoms with Gasteiger partial charge in [0.2, 0.25) is 0 Å². The summed E-state index contributed by atoms with van der Waals surface area (Å²) in [5, 5.41) is 9.94. The Morgan fingerprint density at radius 3 is 2.62 bits per heavy atom. The van der Waals surface area contributed by atoms with Crippen LogP contribution in [0.5, 0.6) is 0 Å². The quantitative estimate of drug-likeness (QED) is 0.768. The van der Waals surface area contributed by atoms with Gasteiger partial charge < -0.3 is 5.32 Å². The summed E-state index contributed by atoms with van der Waals surface area (Å²) in [6, 6.07) is 10.1. The average Bonchev–Trinajstić information content (AvgIpc) is 3.05. The molecule has 0 saturated carbocycles. The summed E-state index contributed by atoms with van der Waals surface area (Å²) in [7, 11) is 0. The smallest absolute Gasteiger partial charge is 0.199 e. The highest BCUT2D eigenvalue weighted by Crippen LogP contribution is 2.27. The Morgan fingerprint density at radius 2 is 1.95 bits per heavy atom. The molecule has 0 aliphatic carbocycles. The first-order valence-corrected chi connectivity index (χ1v) is 6.83. The fourth-order valence-corrected chi connectivity index (χ4v) is 2.15. The van der Waals surface area contributed by atoms with Crippen molar-refractivity contribution in [2.75, 3.05) is 11.9 Å². The lowest BCUT2D eigenvalue weighted by molar-refractivity contribution is 1.04. The van der Waals surface area contributed by atoms with Gasteiger partial charge in [-0.05, 0) is 13.8 Å². The highest BCUT2D eigenvalue weighted by Gasteiger charge is 2.14. The third-order valence-electron chi connectivity index (χ3n) is 3.16. The van der Waals surface area contributed by atoms with Crippen molar-refractivity contribution in [2.24, 2.45) is 0 Å². The number of nitrogens with one attached hydrogen (secondary N) is 2. The van der Waals surface area contributed by atoms with Crippen LogP contribution in [0.25, 0.3) is 22.9 Å². The van der Waals surface area contributed by atoms with Gasteiger partial charge in [0.1, 0.15) is 12.1 Å². The van der Waals surface area contributed by atoms with E-state index in [4.69, 9.17) is 0 Å². The van der Waals surface area contributed by atoms with E-state index in [2.05, 4.69) is 30.5 Å². The Balaban J connectivity index is 2.18. The fourth-order valence-electron chi connectivity index (χ4n) is 2.15. The van der Waals surface area contributed by atoms with Crippen LogP contribution in [0.1, 0.15) is 12.5 Å². The maximum Gasteiger partial charge on any atom is 0.199 e. The molecule has 0 spiro atoms. The van der Waals surface area contributed by atoms with Crippen molar-refractivity contribution in [1.29, 1.82) is 0 Å². The number of H-pyrrole nitrogens is 1. The molecule has 0 bridgehead atoms. The minimum atomic E-state index is 0.535. The molecule has 1 aromatic carbocycles. The summed E-state index contributed by atoms with van der Waals surface area (Å²) in [4.78, 5) is 13.3. The van der Waals surface area contributed by atoms with Gasteiger partial charge in [0, 0.05) is 17.7 Å². The van der Waals surface area contributed by atoms with E-state index in [1.807, 2.05) is 44.2 Å². The van der Waals surface area contributed by atoms with Gasteiger partial charge in [0.05, 0.1) is 5.69 Å². The molecule has 21 heavy (non-hydrogen) atoms.